The number of nitrogens with zero attached hydrogens (tertiary/aromatic N) is 7. The minimum absolute atomic E-state index is 0.157. The zero-order valence-electron chi connectivity index (χ0n) is 23.7. The van der Waals surface area contributed by atoms with Crippen molar-refractivity contribution in [2.75, 3.05) is 11.9 Å². The van der Waals surface area contributed by atoms with Gasteiger partial charge in [0.05, 0.1) is 30.1 Å². The van der Waals surface area contributed by atoms with Crippen LogP contribution in [0, 0.1) is 19.3 Å². The van der Waals surface area contributed by atoms with Crippen molar-refractivity contribution in [3.63, 3.8) is 0 Å². The monoisotopic (exact) mass is 648 g/mol. The Balaban J connectivity index is 1.33. The number of carbonyl (C=O) groups excluding carboxylic acids is 3. The summed E-state index contributed by atoms with van der Waals surface area (Å²) in [5.74, 6) is -0.305. The van der Waals surface area contributed by atoms with Crippen molar-refractivity contribution < 1.29 is 24.6 Å². The van der Waals surface area contributed by atoms with E-state index in [9.17, 15) is 24.6 Å². The summed E-state index contributed by atoms with van der Waals surface area (Å²) in [4.78, 5) is 59.0. The Morgan fingerprint density at radius 2 is 1.86 bits per heavy atom. The normalized spacial score (nSPS) is 20.7. The van der Waals surface area contributed by atoms with E-state index < -0.39 is 17.4 Å². The molecule has 14 heteroatoms. The van der Waals surface area contributed by atoms with E-state index in [4.69, 9.17) is 4.98 Å². The highest BCUT2D eigenvalue weighted by atomic mass is 79.9. The van der Waals surface area contributed by atoms with E-state index >= 15 is 0 Å². The van der Waals surface area contributed by atoms with Crippen molar-refractivity contribution in [2.24, 2.45) is 5.41 Å². The number of nitrogens with one attached hydrogen (secondary N) is 1. The van der Waals surface area contributed by atoms with Crippen LogP contribution in [-0.2, 0) is 22.7 Å². The summed E-state index contributed by atoms with van der Waals surface area (Å²) in [7, 11) is 0. The topological polar surface area (TPSA) is 176 Å². The molecule has 0 aromatic carbocycles. The molecule has 1 saturated heterocycles. The molecule has 0 bridgehead atoms. The van der Waals surface area contributed by atoms with Gasteiger partial charge in [-0.2, -0.15) is 5.10 Å². The number of aryl methyl sites for hydroxylation is 2. The number of halogens is 1. The van der Waals surface area contributed by atoms with Crippen LogP contribution in [0.5, 0.6) is 0 Å². The first-order chi connectivity index (χ1) is 20.5. The maximum Gasteiger partial charge on any atom is 0.248 e. The van der Waals surface area contributed by atoms with Gasteiger partial charge in [0.25, 0.3) is 0 Å². The lowest BCUT2D eigenvalue weighted by molar-refractivity contribution is -0.138. The second kappa shape index (κ2) is 10.8. The standard InChI is InChI=1S/C29H29BrN8O5/c1-14-26-19(6-20(33-14)18-9-31-16(3)32-10-18)25(15(2)41)36-37(26)11-24(42)38-21(7-29(13-40)8-22(29)38)28(43)35-27-17(12-39)4-5-23(30)34-27/h4-6,9-10,21-22,39-40H,7-8,11-13H2,1-3H3,(H,34,35,43)/t21-,22+,29-/m0/s1. The molecule has 0 radical (unpaired) electrons. The number of likely N-dealkylation sites (tertiary alicyclic amines) is 1. The first-order valence-corrected chi connectivity index (χ1v) is 14.5. The summed E-state index contributed by atoms with van der Waals surface area (Å²) in [5, 5.41) is 27.7. The first kappa shape index (κ1) is 29.0. The number of aliphatic hydroxyl groups is 2. The SMILES string of the molecule is CC(=O)c1nn(CC(=O)N2[C@H](C(=O)Nc3nc(Br)ccc3CO)C[C@@]3(CO)C[C@@H]23)c2c(C)nc(-c3cnc(C)nc3)cc12. The van der Waals surface area contributed by atoms with Gasteiger partial charge in [-0.1, -0.05) is 6.07 Å². The van der Waals surface area contributed by atoms with Crippen LogP contribution in [0.1, 0.15) is 47.3 Å². The van der Waals surface area contributed by atoms with Crippen molar-refractivity contribution in [1.82, 2.24) is 34.6 Å². The molecule has 2 amide bonds. The van der Waals surface area contributed by atoms with E-state index in [2.05, 4.69) is 41.3 Å². The zero-order valence-corrected chi connectivity index (χ0v) is 25.3. The van der Waals surface area contributed by atoms with Crippen LogP contribution < -0.4 is 5.32 Å². The molecular weight excluding hydrogens is 620 g/mol. The number of carbonyl (C=O) groups is 3. The minimum Gasteiger partial charge on any atom is -0.396 e. The number of ketones is 1. The quantitative estimate of drug-likeness (QED) is 0.190. The highest BCUT2D eigenvalue weighted by molar-refractivity contribution is 9.10. The maximum absolute atomic E-state index is 13.9. The Kier molecular flexibility index (Phi) is 7.30. The minimum atomic E-state index is -0.868. The number of piperidine rings is 1. The number of amides is 2. The van der Waals surface area contributed by atoms with E-state index in [-0.39, 0.29) is 55.4 Å². The summed E-state index contributed by atoms with van der Waals surface area (Å²) in [6.45, 7) is 4.25. The zero-order chi connectivity index (χ0) is 30.6. The fraction of sp³-hybridized carbons (Fsp3) is 0.379. The Morgan fingerprint density at radius 3 is 2.53 bits per heavy atom. The van der Waals surface area contributed by atoms with E-state index in [1.165, 1.54) is 16.5 Å². The predicted octanol–water partition coefficient (Wildman–Crippen LogP) is 2.35. The van der Waals surface area contributed by atoms with Crippen LogP contribution >= 0.6 is 15.9 Å². The van der Waals surface area contributed by atoms with Crippen molar-refractivity contribution in [1.29, 1.82) is 0 Å². The van der Waals surface area contributed by atoms with E-state index in [1.54, 1.807) is 44.4 Å². The Morgan fingerprint density at radius 1 is 1.12 bits per heavy atom. The van der Waals surface area contributed by atoms with Crippen LogP contribution in [0.25, 0.3) is 22.2 Å². The lowest BCUT2D eigenvalue weighted by Crippen LogP contribution is -2.47. The summed E-state index contributed by atoms with van der Waals surface area (Å²) < 4.78 is 1.94. The van der Waals surface area contributed by atoms with Crippen LogP contribution in [0.4, 0.5) is 5.82 Å². The molecule has 4 aromatic rings. The molecule has 5 heterocycles. The second-order valence-corrected chi connectivity index (χ2v) is 11.9. The van der Waals surface area contributed by atoms with E-state index in [1.807, 2.05) is 0 Å². The molecule has 1 aliphatic carbocycles. The fourth-order valence-electron chi connectivity index (χ4n) is 5.99. The largest absolute Gasteiger partial charge is 0.396 e. The lowest BCUT2D eigenvalue weighted by Gasteiger charge is -2.27. The number of fused-ring (bicyclic) bond motifs is 2. The van der Waals surface area contributed by atoms with Crippen LogP contribution in [0.3, 0.4) is 0 Å². The average Bonchev–Trinajstić information content (AvgIpc) is 3.39. The molecule has 13 nitrogen and oxygen atoms in total. The van der Waals surface area contributed by atoms with Crippen LogP contribution in [0.2, 0.25) is 0 Å². The fourth-order valence-corrected chi connectivity index (χ4v) is 6.30. The molecule has 3 atom stereocenters. The molecular formula is C29H29BrN8O5. The molecule has 0 unspecified atom stereocenters. The van der Waals surface area contributed by atoms with Gasteiger partial charge in [0.2, 0.25) is 11.8 Å². The molecule has 6 rings (SSSR count). The van der Waals surface area contributed by atoms with Gasteiger partial charge >= 0.3 is 0 Å². The third-order valence-corrected chi connectivity index (χ3v) is 8.72. The number of pyridine rings is 2. The lowest BCUT2D eigenvalue weighted by atomic mass is 10.00. The molecule has 222 valence electrons. The van der Waals surface area contributed by atoms with Crippen LogP contribution in [0.15, 0.2) is 35.2 Å². The van der Waals surface area contributed by atoms with Gasteiger partial charge in [-0.3, -0.25) is 24.0 Å². The maximum atomic E-state index is 13.9. The highest BCUT2D eigenvalue weighted by Crippen LogP contribution is 2.59. The molecule has 1 aliphatic heterocycles. The first-order valence-electron chi connectivity index (χ1n) is 13.7. The number of rotatable bonds is 8. The third kappa shape index (κ3) is 5.08. The molecule has 43 heavy (non-hydrogen) atoms. The average molecular weight is 650 g/mol. The number of aliphatic hydroxyl groups excluding tert-OH is 2. The summed E-state index contributed by atoms with van der Waals surface area (Å²) in [5.41, 5.74) is 2.42. The second-order valence-electron chi connectivity index (χ2n) is 11.1. The van der Waals surface area contributed by atoms with Gasteiger partial charge in [0.1, 0.15) is 34.5 Å². The van der Waals surface area contributed by atoms with E-state index in [0.29, 0.717) is 50.3 Å². The smallest absolute Gasteiger partial charge is 0.248 e. The number of anilines is 1. The molecule has 2 aliphatic rings. The molecule has 1 saturated carbocycles. The third-order valence-electron chi connectivity index (χ3n) is 8.28. The van der Waals surface area contributed by atoms with Crippen molar-refractivity contribution >= 4 is 50.2 Å². The number of hydrogen-bond donors (Lipinski definition) is 3. The van der Waals surface area contributed by atoms with Gasteiger partial charge in [-0.25, -0.2) is 15.0 Å². The molecule has 2 fully saturated rings. The van der Waals surface area contributed by atoms with Crippen LogP contribution in [-0.4, -0.2) is 81.1 Å². The number of aromatic nitrogens is 6. The van der Waals surface area contributed by atoms with Crippen molar-refractivity contribution in [2.45, 2.75) is 58.8 Å². The molecule has 4 aromatic heterocycles. The summed E-state index contributed by atoms with van der Waals surface area (Å²) in [6, 6.07) is 3.86. The van der Waals surface area contributed by atoms with Gasteiger partial charge in [-0.15, -0.1) is 0 Å². The highest BCUT2D eigenvalue weighted by Gasteiger charge is 2.67. The van der Waals surface area contributed by atoms with E-state index in [0.717, 1.165) is 0 Å². The number of hydrogen-bond acceptors (Lipinski definition) is 10. The molecule has 0 spiro atoms. The Labute approximate surface area is 254 Å². The van der Waals surface area contributed by atoms with Crippen molar-refractivity contribution in [3.8, 4) is 11.3 Å². The Bertz CT molecular complexity index is 1790. The van der Waals surface area contributed by atoms with Gasteiger partial charge < -0.3 is 20.4 Å². The van der Waals surface area contributed by atoms with Gasteiger partial charge in [0.15, 0.2) is 5.78 Å². The summed E-state index contributed by atoms with van der Waals surface area (Å²) in [6.07, 6.45) is 4.19. The predicted molar refractivity (Wildman–Crippen MR) is 158 cm³/mol. The number of Topliss-reactive ketones (excluding diaryl/α,β-unsaturated/α-hetero) is 1. The summed E-state index contributed by atoms with van der Waals surface area (Å²) >= 11 is 3.28. The Hall–Kier alpha value is -4.14. The molecule has 3 N–H and O–H groups in total. The van der Waals surface area contributed by atoms with Gasteiger partial charge in [-0.05, 0) is 54.8 Å². The van der Waals surface area contributed by atoms with Crippen molar-refractivity contribution in [3.05, 3.63) is 58.0 Å². The van der Waals surface area contributed by atoms with Gasteiger partial charge in [0, 0.05) is 47.3 Å².